The van der Waals surface area contributed by atoms with Gasteiger partial charge in [0.25, 0.3) is 0 Å². The van der Waals surface area contributed by atoms with Crippen LogP contribution in [0.15, 0.2) is 54.7 Å². The molecular formula is C24H22F3N5O. The van der Waals surface area contributed by atoms with Crippen LogP contribution in [0.1, 0.15) is 43.2 Å². The standard InChI is InChI=1S/C24H22F3N5O/c25-24(26,27)20-15-29-23(32-22(20)31-21-9-5-4-6-16(21)14-28)30-17-10-12-19(13-11-17)33-18-7-2-1-3-8-18/h4-6,9-13,15,18H,1-3,7-8H2,(H2,29,30,31,32). The van der Waals surface area contributed by atoms with Crippen LogP contribution in [0.4, 0.5) is 36.3 Å². The maximum atomic E-state index is 13.5. The average molecular weight is 453 g/mol. The summed E-state index contributed by atoms with van der Waals surface area (Å²) in [6, 6.07) is 15.4. The average Bonchev–Trinajstić information content (AvgIpc) is 2.81. The minimum atomic E-state index is -4.67. The second-order valence-corrected chi connectivity index (χ2v) is 7.76. The summed E-state index contributed by atoms with van der Waals surface area (Å²) in [7, 11) is 0. The molecule has 33 heavy (non-hydrogen) atoms. The number of anilines is 4. The molecule has 3 aromatic rings. The van der Waals surface area contributed by atoms with Gasteiger partial charge in [0.2, 0.25) is 5.95 Å². The molecule has 9 heteroatoms. The van der Waals surface area contributed by atoms with Gasteiger partial charge in [-0.1, -0.05) is 18.6 Å². The van der Waals surface area contributed by atoms with Gasteiger partial charge < -0.3 is 15.4 Å². The summed E-state index contributed by atoms with van der Waals surface area (Å²) < 4.78 is 46.5. The van der Waals surface area contributed by atoms with Gasteiger partial charge in [-0.05, 0) is 62.1 Å². The molecule has 1 saturated carbocycles. The predicted molar refractivity (Wildman–Crippen MR) is 119 cm³/mol. The van der Waals surface area contributed by atoms with E-state index >= 15 is 0 Å². The topological polar surface area (TPSA) is 82.9 Å². The van der Waals surface area contributed by atoms with Crippen LogP contribution in [0, 0.1) is 11.3 Å². The van der Waals surface area contributed by atoms with E-state index in [-0.39, 0.29) is 23.3 Å². The Morgan fingerprint density at radius 1 is 0.970 bits per heavy atom. The molecule has 0 amide bonds. The first-order chi connectivity index (χ1) is 15.9. The smallest absolute Gasteiger partial charge is 0.421 e. The highest BCUT2D eigenvalue weighted by Gasteiger charge is 2.35. The lowest BCUT2D eigenvalue weighted by molar-refractivity contribution is -0.137. The largest absolute Gasteiger partial charge is 0.490 e. The highest BCUT2D eigenvalue weighted by molar-refractivity contribution is 5.67. The zero-order valence-corrected chi connectivity index (χ0v) is 17.7. The Morgan fingerprint density at radius 3 is 2.39 bits per heavy atom. The Hall–Kier alpha value is -3.80. The minimum absolute atomic E-state index is 0.0131. The van der Waals surface area contributed by atoms with Crippen LogP contribution in [-0.2, 0) is 6.18 Å². The number of alkyl halides is 3. The first-order valence-electron chi connectivity index (χ1n) is 10.7. The summed E-state index contributed by atoms with van der Waals surface area (Å²) in [6.07, 6.45) is 1.95. The van der Waals surface area contributed by atoms with Crippen molar-refractivity contribution in [1.82, 2.24) is 9.97 Å². The molecular weight excluding hydrogens is 431 g/mol. The normalized spacial score (nSPS) is 14.4. The molecule has 1 aliphatic carbocycles. The summed E-state index contributed by atoms with van der Waals surface area (Å²) in [6.45, 7) is 0. The number of rotatable bonds is 6. The van der Waals surface area contributed by atoms with E-state index in [4.69, 9.17) is 4.74 Å². The number of benzene rings is 2. The van der Waals surface area contributed by atoms with E-state index in [1.165, 1.54) is 31.4 Å². The van der Waals surface area contributed by atoms with Gasteiger partial charge in [0, 0.05) is 11.9 Å². The van der Waals surface area contributed by atoms with E-state index in [1.54, 1.807) is 24.3 Å². The highest BCUT2D eigenvalue weighted by atomic mass is 19.4. The van der Waals surface area contributed by atoms with Crippen LogP contribution in [0.2, 0.25) is 0 Å². The molecule has 1 heterocycles. The number of nitrogens with one attached hydrogen (secondary N) is 2. The van der Waals surface area contributed by atoms with Crippen molar-refractivity contribution in [3.05, 3.63) is 65.9 Å². The molecule has 0 bridgehead atoms. The molecule has 4 rings (SSSR count). The number of aromatic nitrogens is 2. The zero-order chi connectivity index (χ0) is 23.3. The quantitative estimate of drug-likeness (QED) is 0.439. The number of nitriles is 1. The molecule has 1 aromatic heterocycles. The number of halogens is 3. The molecule has 0 saturated heterocycles. The molecule has 1 aliphatic rings. The fourth-order valence-electron chi connectivity index (χ4n) is 3.68. The molecule has 0 aliphatic heterocycles. The highest BCUT2D eigenvalue weighted by Crippen LogP contribution is 2.36. The summed E-state index contributed by atoms with van der Waals surface area (Å²) >= 11 is 0. The summed E-state index contributed by atoms with van der Waals surface area (Å²) in [5.74, 6) is 0.289. The van der Waals surface area contributed by atoms with E-state index in [2.05, 4.69) is 20.6 Å². The second kappa shape index (κ2) is 9.77. The van der Waals surface area contributed by atoms with E-state index in [0.29, 0.717) is 11.9 Å². The molecule has 1 fully saturated rings. The van der Waals surface area contributed by atoms with Crippen LogP contribution < -0.4 is 15.4 Å². The van der Waals surface area contributed by atoms with Crippen molar-refractivity contribution in [2.24, 2.45) is 0 Å². The van der Waals surface area contributed by atoms with Gasteiger partial charge in [-0.15, -0.1) is 0 Å². The van der Waals surface area contributed by atoms with Gasteiger partial charge in [-0.2, -0.15) is 23.4 Å². The summed E-state index contributed by atoms with van der Waals surface area (Å²) in [4.78, 5) is 7.85. The van der Waals surface area contributed by atoms with Crippen molar-refractivity contribution >= 4 is 23.1 Å². The van der Waals surface area contributed by atoms with Crippen LogP contribution in [0.5, 0.6) is 5.75 Å². The Bertz CT molecular complexity index is 1140. The van der Waals surface area contributed by atoms with Gasteiger partial charge in [0.05, 0.1) is 17.4 Å². The molecule has 0 radical (unpaired) electrons. The Labute approximate surface area is 189 Å². The Morgan fingerprint density at radius 2 is 1.70 bits per heavy atom. The lowest BCUT2D eigenvalue weighted by Gasteiger charge is -2.23. The van der Waals surface area contributed by atoms with E-state index in [9.17, 15) is 18.4 Å². The van der Waals surface area contributed by atoms with Gasteiger partial charge in [0.1, 0.15) is 23.2 Å². The Kier molecular flexibility index (Phi) is 6.63. The van der Waals surface area contributed by atoms with Crippen molar-refractivity contribution in [3.8, 4) is 11.8 Å². The first kappa shape index (κ1) is 22.4. The molecule has 0 unspecified atom stereocenters. The fraction of sp³-hybridized carbons (Fsp3) is 0.292. The zero-order valence-electron chi connectivity index (χ0n) is 17.7. The molecule has 2 N–H and O–H groups in total. The third-order valence-electron chi connectivity index (χ3n) is 5.36. The monoisotopic (exact) mass is 453 g/mol. The van der Waals surface area contributed by atoms with Crippen LogP contribution in [0.25, 0.3) is 0 Å². The van der Waals surface area contributed by atoms with E-state index in [1.807, 2.05) is 18.2 Å². The third-order valence-corrected chi connectivity index (χ3v) is 5.36. The van der Waals surface area contributed by atoms with Crippen molar-refractivity contribution in [3.63, 3.8) is 0 Å². The number of para-hydroxylation sites is 1. The lowest BCUT2D eigenvalue weighted by atomic mass is 9.98. The van der Waals surface area contributed by atoms with E-state index in [0.717, 1.165) is 18.6 Å². The molecule has 2 aromatic carbocycles. The minimum Gasteiger partial charge on any atom is -0.490 e. The van der Waals surface area contributed by atoms with Crippen molar-refractivity contribution < 1.29 is 17.9 Å². The van der Waals surface area contributed by atoms with Gasteiger partial charge in [-0.3, -0.25) is 0 Å². The molecule has 170 valence electrons. The maximum Gasteiger partial charge on any atom is 0.421 e. The van der Waals surface area contributed by atoms with Crippen molar-refractivity contribution in [2.75, 3.05) is 10.6 Å². The van der Waals surface area contributed by atoms with Gasteiger partial charge >= 0.3 is 6.18 Å². The molecule has 0 spiro atoms. The van der Waals surface area contributed by atoms with Crippen LogP contribution in [-0.4, -0.2) is 16.1 Å². The number of hydrogen-bond acceptors (Lipinski definition) is 6. The van der Waals surface area contributed by atoms with Gasteiger partial charge in [-0.25, -0.2) is 4.98 Å². The maximum absolute atomic E-state index is 13.5. The number of nitrogens with zero attached hydrogens (tertiary/aromatic N) is 3. The summed E-state index contributed by atoms with van der Waals surface area (Å²) in [5.41, 5.74) is -0.00202. The van der Waals surface area contributed by atoms with E-state index < -0.39 is 17.6 Å². The number of hydrogen-bond donors (Lipinski definition) is 2. The van der Waals surface area contributed by atoms with Crippen molar-refractivity contribution in [1.29, 1.82) is 5.26 Å². The SMILES string of the molecule is N#Cc1ccccc1Nc1nc(Nc2ccc(OC3CCCCC3)cc2)ncc1C(F)(F)F. The lowest BCUT2D eigenvalue weighted by Crippen LogP contribution is -2.19. The van der Waals surface area contributed by atoms with Gasteiger partial charge in [0.15, 0.2) is 0 Å². The van der Waals surface area contributed by atoms with Crippen LogP contribution >= 0.6 is 0 Å². The fourth-order valence-corrected chi connectivity index (χ4v) is 3.68. The molecule has 6 nitrogen and oxygen atoms in total. The Balaban J connectivity index is 1.53. The van der Waals surface area contributed by atoms with Crippen molar-refractivity contribution in [2.45, 2.75) is 44.4 Å². The molecule has 0 atom stereocenters. The predicted octanol–water partition coefficient (Wildman–Crippen LogP) is 6.57. The second-order valence-electron chi connectivity index (χ2n) is 7.76. The third kappa shape index (κ3) is 5.71. The summed E-state index contributed by atoms with van der Waals surface area (Å²) in [5, 5.41) is 14.8. The van der Waals surface area contributed by atoms with Crippen LogP contribution in [0.3, 0.4) is 0 Å². The first-order valence-corrected chi connectivity index (χ1v) is 10.7. The number of ether oxygens (including phenoxy) is 1.